The monoisotopic (exact) mass is 538 g/mol. The van der Waals surface area contributed by atoms with Crippen molar-refractivity contribution in [3.63, 3.8) is 0 Å². The van der Waals surface area contributed by atoms with Gasteiger partial charge in [-0.1, -0.05) is 12.1 Å². The molecule has 0 aromatic heterocycles. The molecule has 1 heterocycles. The van der Waals surface area contributed by atoms with E-state index < -0.39 is 53.6 Å². The van der Waals surface area contributed by atoms with E-state index in [2.05, 4.69) is 5.32 Å². The van der Waals surface area contributed by atoms with Crippen molar-refractivity contribution in [1.29, 1.82) is 0 Å². The predicted octanol–water partition coefficient (Wildman–Crippen LogP) is 7.02. The Morgan fingerprint density at radius 3 is 1.92 bits per heavy atom. The number of benzene rings is 2. The summed E-state index contributed by atoms with van der Waals surface area (Å²) >= 11 is 0. The second-order valence-electron chi connectivity index (χ2n) is 9.64. The molecule has 4 rings (SSSR count). The number of carbonyl (C=O) groups excluding carboxylic acids is 1. The lowest BCUT2D eigenvalue weighted by atomic mass is 9.77. The molecule has 2 fully saturated rings. The average molecular weight is 538 g/mol. The fourth-order valence-corrected chi connectivity index (χ4v) is 4.63. The van der Waals surface area contributed by atoms with E-state index in [1.165, 1.54) is 17.0 Å². The van der Waals surface area contributed by atoms with Crippen molar-refractivity contribution < 1.29 is 44.3 Å². The number of carbonyl (C=O) groups is 1. The van der Waals surface area contributed by atoms with Crippen LogP contribution < -0.4 is 10.2 Å². The van der Waals surface area contributed by atoms with Crippen molar-refractivity contribution >= 4 is 11.6 Å². The van der Waals surface area contributed by atoms with Gasteiger partial charge in [0, 0.05) is 24.7 Å². The largest absolute Gasteiger partial charge is 0.416 e. The van der Waals surface area contributed by atoms with Crippen LogP contribution in [0.4, 0.5) is 45.2 Å². The Kier molecular flexibility index (Phi) is 6.69. The molecule has 202 valence electrons. The molecule has 1 saturated heterocycles. The van der Waals surface area contributed by atoms with E-state index in [1.807, 2.05) is 0 Å². The molecule has 3 nitrogen and oxygen atoms in total. The van der Waals surface area contributed by atoms with Crippen LogP contribution in [0.15, 0.2) is 42.5 Å². The van der Waals surface area contributed by atoms with Gasteiger partial charge in [0.2, 0.25) is 5.91 Å². The zero-order valence-electron chi connectivity index (χ0n) is 19.5. The van der Waals surface area contributed by atoms with Crippen molar-refractivity contribution in [3.8, 4) is 0 Å². The molecule has 12 heteroatoms. The van der Waals surface area contributed by atoms with E-state index in [0.717, 1.165) is 12.8 Å². The molecule has 1 aliphatic heterocycles. The van der Waals surface area contributed by atoms with Crippen molar-refractivity contribution in [3.05, 3.63) is 64.7 Å². The maximum atomic E-state index is 14.4. The number of hydrogen-bond donors (Lipinski definition) is 1. The SMILES string of the molecule is C[C@H](NC(=O)C1CC1)c1ccc(N2CC[C@@](c3cc(C(F)(F)F)cc(C(F)(F)F)c3)(C(F)(F)F)C2)cc1. The van der Waals surface area contributed by atoms with E-state index in [4.69, 9.17) is 0 Å². The number of nitrogens with zero attached hydrogens (tertiary/aromatic N) is 1. The molecule has 2 aromatic carbocycles. The summed E-state index contributed by atoms with van der Waals surface area (Å²) < 4.78 is 123. The highest BCUT2D eigenvalue weighted by Crippen LogP contribution is 2.50. The van der Waals surface area contributed by atoms with E-state index in [-0.39, 0.29) is 42.6 Å². The molecule has 2 atom stereocenters. The standard InChI is InChI=1S/C25H23F9N2O/c1-14(35-21(37)16-2-3-16)15-4-6-20(7-5-15)36-9-8-22(13-36,25(32,33)34)17-10-18(23(26,27)28)12-19(11-17)24(29,30)31/h4-7,10-12,14,16H,2-3,8-9,13H2,1H3,(H,35,37)/t14-,22+/m0/s1. The highest BCUT2D eigenvalue weighted by atomic mass is 19.4. The zero-order chi connectivity index (χ0) is 27.4. The minimum absolute atomic E-state index is 0.00414. The van der Waals surface area contributed by atoms with Gasteiger partial charge in [0.05, 0.1) is 17.2 Å². The lowest BCUT2D eigenvalue weighted by molar-refractivity contribution is -0.185. The fraction of sp³-hybridized carbons (Fsp3) is 0.480. The molecule has 0 unspecified atom stereocenters. The number of halogens is 9. The van der Waals surface area contributed by atoms with Crippen LogP contribution in [-0.2, 0) is 22.6 Å². The van der Waals surface area contributed by atoms with E-state index in [9.17, 15) is 44.3 Å². The molecular weight excluding hydrogens is 515 g/mol. The van der Waals surface area contributed by atoms with Gasteiger partial charge in [0.1, 0.15) is 5.41 Å². The zero-order valence-corrected chi connectivity index (χ0v) is 19.5. The van der Waals surface area contributed by atoms with E-state index >= 15 is 0 Å². The second-order valence-corrected chi connectivity index (χ2v) is 9.64. The van der Waals surface area contributed by atoms with Gasteiger partial charge in [-0.25, -0.2) is 0 Å². The molecule has 1 N–H and O–H groups in total. The Morgan fingerprint density at radius 1 is 0.919 bits per heavy atom. The van der Waals surface area contributed by atoms with Gasteiger partial charge in [-0.3, -0.25) is 4.79 Å². The lowest BCUT2D eigenvalue weighted by Crippen LogP contribution is -2.45. The quantitative estimate of drug-likeness (QED) is 0.415. The Hall–Kier alpha value is -2.92. The molecule has 0 spiro atoms. The lowest BCUT2D eigenvalue weighted by Gasteiger charge is -2.33. The Bertz CT molecular complexity index is 1120. The third kappa shape index (κ3) is 5.52. The number of alkyl halides is 9. The summed E-state index contributed by atoms with van der Waals surface area (Å²) in [6.45, 7) is 0.679. The summed E-state index contributed by atoms with van der Waals surface area (Å²) in [5.41, 5.74) is -6.54. The number of hydrogen-bond acceptors (Lipinski definition) is 2. The summed E-state index contributed by atoms with van der Waals surface area (Å²) in [6.07, 6.45) is -14.7. The first kappa shape index (κ1) is 27.1. The molecule has 1 aliphatic carbocycles. The third-order valence-corrected chi connectivity index (χ3v) is 7.02. The summed E-state index contributed by atoms with van der Waals surface area (Å²) in [5.74, 6) is -0.0825. The fourth-order valence-electron chi connectivity index (χ4n) is 4.63. The number of anilines is 1. The first-order chi connectivity index (χ1) is 17.0. The van der Waals surface area contributed by atoms with Gasteiger partial charge in [-0.15, -0.1) is 0 Å². The molecule has 0 radical (unpaired) electrons. The van der Waals surface area contributed by atoms with Crippen LogP contribution in [-0.4, -0.2) is 25.2 Å². The van der Waals surface area contributed by atoms with Crippen LogP contribution >= 0.6 is 0 Å². The van der Waals surface area contributed by atoms with Crippen molar-refractivity contribution in [2.45, 2.75) is 56.2 Å². The van der Waals surface area contributed by atoms with Gasteiger partial charge in [0.15, 0.2) is 0 Å². The Balaban J connectivity index is 1.64. The number of nitrogens with one attached hydrogen (secondary N) is 1. The van der Waals surface area contributed by atoms with Crippen molar-refractivity contribution in [2.24, 2.45) is 5.92 Å². The highest BCUT2D eigenvalue weighted by molar-refractivity contribution is 5.81. The second kappa shape index (κ2) is 9.13. The molecule has 0 bridgehead atoms. The van der Waals surface area contributed by atoms with Gasteiger partial charge < -0.3 is 10.2 Å². The molecule has 2 aromatic rings. The predicted molar refractivity (Wildman–Crippen MR) is 117 cm³/mol. The first-order valence-electron chi connectivity index (χ1n) is 11.5. The van der Waals surface area contributed by atoms with Crippen molar-refractivity contribution in [2.75, 3.05) is 18.0 Å². The van der Waals surface area contributed by atoms with Crippen LogP contribution in [0.1, 0.15) is 54.5 Å². The van der Waals surface area contributed by atoms with Crippen LogP contribution in [0, 0.1) is 5.92 Å². The van der Waals surface area contributed by atoms with Crippen molar-refractivity contribution in [1.82, 2.24) is 5.32 Å². The maximum absolute atomic E-state index is 14.4. The maximum Gasteiger partial charge on any atom is 0.416 e. The first-order valence-corrected chi connectivity index (χ1v) is 11.5. The van der Waals surface area contributed by atoms with Crippen LogP contribution in [0.2, 0.25) is 0 Å². The molecule has 1 saturated carbocycles. The molecule has 1 amide bonds. The smallest absolute Gasteiger partial charge is 0.370 e. The van der Waals surface area contributed by atoms with Gasteiger partial charge in [0.25, 0.3) is 0 Å². The molecule has 2 aliphatic rings. The highest BCUT2D eigenvalue weighted by Gasteiger charge is 2.60. The van der Waals surface area contributed by atoms with E-state index in [1.54, 1.807) is 19.1 Å². The number of rotatable bonds is 5. The number of amides is 1. The van der Waals surface area contributed by atoms with Gasteiger partial charge in [-0.2, -0.15) is 39.5 Å². The summed E-state index contributed by atoms with van der Waals surface area (Å²) in [6, 6.07) is 6.09. The Morgan fingerprint density at radius 2 is 1.46 bits per heavy atom. The van der Waals surface area contributed by atoms with Gasteiger partial charge in [-0.05, 0) is 67.6 Å². The summed E-state index contributed by atoms with van der Waals surface area (Å²) in [7, 11) is 0. The normalized spacial score (nSPS) is 21.7. The Labute approximate surface area is 206 Å². The summed E-state index contributed by atoms with van der Waals surface area (Å²) in [5, 5.41) is 2.85. The van der Waals surface area contributed by atoms with Crippen LogP contribution in [0.5, 0.6) is 0 Å². The summed E-state index contributed by atoms with van der Waals surface area (Å²) in [4.78, 5) is 13.3. The topological polar surface area (TPSA) is 32.3 Å². The van der Waals surface area contributed by atoms with Gasteiger partial charge >= 0.3 is 18.5 Å². The van der Waals surface area contributed by atoms with Crippen LogP contribution in [0.25, 0.3) is 0 Å². The van der Waals surface area contributed by atoms with E-state index in [0.29, 0.717) is 11.3 Å². The molecular formula is C25H23F9N2O. The average Bonchev–Trinajstić information content (AvgIpc) is 3.55. The molecule has 37 heavy (non-hydrogen) atoms. The third-order valence-electron chi connectivity index (χ3n) is 7.02. The van der Waals surface area contributed by atoms with Crippen LogP contribution in [0.3, 0.4) is 0 Å². The minimum Gasteiger partial charge on any atom is -0.370 e. The minimum atomic E-state index is -5.26.